The lowest BCUT2D eigenvalue weighted by Crippen LogP contribution is -2.10. The highest BCUT2D eigenvalue weighted by Crippen LogP contribution is 2.33. The van der Waals surface area contributed by atoms with E-state index in [1.165, 1.54) is 0 Å². The summed E-state index contributed by atoms with van der Waals surface area (Å²) in [7, 11) is 0. The summed E-state index contributed by atoms with van der Waals surface area (Å²) in [6, 6.07) is 7.19. The molecule has 1 atom stereocenters. The predicted molar refractivity (Wildman–Crippen MR) is 73.4 cm³/mol. The molecule has 2 aromatic rings. The molecule has 16 heavy (non-hydrogen) atoms. The Labute approximate surface area is 113 Å². The highest BCUT2D eigenvalue weighted by atomic mass is 79.9. The standard InChI is InChI=1S/C11H10BrNOS.ClH/c12-9-3-1-2-8(11(9)14)10(13)7-4-5-15-6-7;/h1-6,10,14H,13H2;1H/t10-;/m1./s1. The minimum atomic E-state index is -0.270. The van der Waals surface area contributed by atoms with Crippen LogP contribution in [0.3, 0.4) is 0 Å². The molecule has 1 aromatic carbocycles. The molecule has 86 valence electrons. The minimum Gasteiger partial charge on any atom is -0.506 e. The van der Waals surface area contributed by atoms with Crippen molar-refractivity contribution in [2.45, 2.75) is 6.04 Å². The van der Waals surface area contributed by atoms with Crippen molar-refractivity contribution in [2.24, 2.45) is 5.73 Å². The van der Waals surface area contributed by atoms with Gasteiger partial charge in [0, 0.05) is 5.56 Å². The Hall–Kier alpha value is -0.550. The third kappa shape index (κ3) is 2.58. The quantitative estimate of drug-likeness (QED) is 0.886. The van der Waals surface area contributed by atoms with E-state index in [2.05, 4.69) is 15.9 Å². The van der Waals surface area contributed by atoms with Crippen LogP contribution < -0.4 is 5.73 Å². The second kappa shape index (κ2) is 5.68. The SMILES string of the molecule is Cl.N[C@H](c1ccsc1)c1cccc(Br)c1O. The number of phenols is 1. The molecule has 0 saturated carbocycles. The van der Waals surface area contributed by atoms with Gasteiger partial charge in [0.25, 0.3) is 0 Å². The Balaban J connectivity index is 0.00000128. The summed E-state index contributed by atoms with van der Waals surface area (Å²) in [6.07, 6.45) is 0. The van der Waals surface area contributed by atoms with Gasteiger partial charge in [-0.05, 0) is 44.4 Å². The fourth-order valence-electron chi connectivity index (χ4n) is 1.41. The van der Waals surface area contributed by atoms with Gasteiger partial charge in [0.15, 0.2) is 0 Å². The van der Waals surface area contributed by atoms with Crippen LogP contribution in [0, 0.1) is 0 Å². The molecule has 2 rings (SSSR count). The van der Waals surface area contributed by atoms with E-state index < -0.39 is 0 Å². The Bertz CT molecular complexity index is 461. The van der Waals surface area contributed by atoms with Gasteiger partial charge in [-0.2, -0.15) is 11.3 Å². The highest BCUT2D eigenvalue weighted by Gasteiger charge is 2.14. The lowest BCUT2D eigenvalue weighted by atomic mass is 10.0. The summed E-state index contributed by atoms with van der Waals surface area (Å²) >= 11 is 4.87. The summed E-state index contributed by atoms with van der Waals surface area (Å²) in [5.74, 6) is 0.219. The third-order valence-corrected chi connectivity index (χ3v) is 3.60. The van der Waals surface area contributed by atoms with E-state index in [0.717, 1.165) is 11.1 Å². The highest BCUT2D eigenvalue weighted by molar-refractivity contribution is 9.10. The first-order chi connectivity index (χ1) is 7.20. The van der Waals surface area contributed by atoms with Crippen LogP contribution in [0.15, 0.2) is 39.5 Å². The van der Waals surface area contributed by atoms with E-state index in [1.807, 2.05) is 29.0 Å². The van der Waals surface area contributed by atoms with E-state index in [1.54, 1.807) is 17.4 Å². The molecule has 0 bridgehead atoms. The maximum atomic E-state index is 9.84. The van der Waals surface area contributed by atoms with Crippen molar-refractivity contribution in [1.29, 1.82) is 0 Å². The van der Waals surface area contributed by atoms with Crippen molar-refractivity contribution >= 4 is 39.7 Å². The fourth-order valence-corrected chi connectivity index (χ4v) is 2.49. The van der Waals surface area contributed by atoms with Gasteiger partial charge in [0.2, 0.25) is 0 Å². The maximum Gasteiger partial charge on any atom is 0.134 e. The Morgan fingerprint density at radius 1 is 1.31 bits per heavy atom. The van der Waals surface area contributed by atoms with Crippen molar-refractivity contribution in [3.8, 4) is 5.75 Å². The molecule has 0 fully saturated rings. The van der Waals surface area contributed by atoms with Crippen LogP contribution in [0.25, 0.3) is 0 Å². The normalized spacial score (nSPS) is 11.9. The first-order valence-corrected chi connectivity index (χ1v) is 6.19. The Morgan fingerprint density at radius 3 is 2.69 bits per heavy atom. The first kappa shape index (κ1) is 13.5. The monoisotopic (exact) mass is 319 g/mol. The van der Waals surface area contributed by atoms with Crippen LogP contribution in [-0.2, 0) is 0 Å². The van der Waals surface area contributed by atoms with E-state index in [0.29, 0.717) is 4.47 Å². The van der Waals surface area contributed by atoms with Gasteiger partial charge in [-0.15, -0.1) is 12.4 Å². The van der Waals surface area contributed by atoms with Crippen LogP contribution in [0.2, 0.25) is 0 Å². The van der Waals surface area contributed by atoms with Crippen molar-refractivity contribution < 1.29 is 5.11 Å². The summed E-state index contributed by atoms with van der Waals surface area (Å²) in [5, 5.41) is 13.8. The zero-order chi connectivity index (χ0) is 10.8. The summed E-state index contributed by atoms with van der Waals surface area (Å²) in [4.78, 5) is 0. The largest absolute Gasteiger partial charge is 0.506 e. The van der Waals surface area contributed by atoms with Crippen LogP contribution in [-0.4, -0.2) is 5.11 Å². The molecule has 0 saturated heterocycles. The van der Waals surface area contributed by atoms with E-state index in [4.69, 9.17) is 5.73 Å². The number of phenolic OH excluding ortho intramolecular Hbond substituents is 1. The van der Waals surface area contributed by atoms with E-state index in [9.17, 15) is 5.11 Å². The Kier molecular flexibility index (Phi) is 4.80. The lowest BCUT2D eigenvalue weighted by molar-refractivity contribution is 0.462. The van der Waals surface area contributed by atoms with Crippen LogP contribution in [0.5, 0.6) is 5.75 Å². The Morgan fingerprint density at radius 2 is 2.06 bits per heavy atom. The smallest absolute Gasteiger partial charge is 0.134 e. The molecule has 0 aliphatic carbocycles. The minimum absolute atomic E-state index is 0. The topological polar surface area (TPSA) is 46.2 Å². The van der Waals surface area contributed by atoms with Gasteiger partial charge in [-0.1, -0.05) is 12.1 Å². The van der Waals surface area contributed by atoms with Gasteiger partial charge in [-0.25, -0.2) is 0 Å². The molecule has 0 aliphatic heterocycles. The average molecular weight is 321 g/mol. The number of para-hydroxylation sites is 1. The maximum absolute atomic E-state index is 9.84. The molecule has 0 radical (unpaired) electrons. The molecule has 5 heteroatoms. The van der Waals surface area contributed by atoms with Crippen molar-refractivity contribution in [2.75, 3.05) is 0 Å². The van der Waals surface area contributed by atoms with Crippen molar-refractivity contribution in [3.63, 3.8) is 0 Å². The third-order valence-electron chi connectivity index (χ3n) is 2.26. The molecule has 1 aromatic heterocycles. The number of aromatic hydroxyl groups is 1. The number of hydrogen-bond donors (Lipinski definition) is 2. The average Bonchev–Trinajstić information content (AvgIpc) is 2.74. The number of thiophene rings is 1. The number of hydrogen-bond acceptors (Lipinski definition) is 3. The molecule has 3 N–H and O–H groups in total. The van der Waals surface area contributed by atoms with Gasteiger partial charge in [-0.3, -0.25) is 0 Å². The fraction of sp³-hybridized carbons (Fsp3) is 0.0909. The number of rotatable bonds is 2. The van der Waals surface area contributed by atoms with Crippen LogP contribution in [0.4, 0.5) is 0 Å². The molecule has 0 spiro atoms. The van der Waals surface area contributed by atoms with Crippen molar-refractivity contribution in [1.82, 2.24) is 0 Å². The first-order valence-electron chi connectivity index (χ1n) is 4.45. The lowest BCUT2D eigenvalue weighted by Gasteiger charge is -2.13. The number of nitrogens with two attached hydrogens (primary N) is 1. The molecule has 0 unspecified atom stereocenters. The number of benzene rings is 1. The summed E-state index contributed by atoms with van der Waals surface area (Å²) in [6.45, 7) is 0. The molecule has 0 amide bonds. The molecular weight excluding hydrogens is 310 g/mol. The molecular formula is C11H11BrClNOS. The van der Waals surface area contributed by atoms with Crippen LogP contribution in [0.1, 0.15) is 17.2 Å². The van der Waals surface area contributed by atoms with Gasteiger partial charge in [0.05, 0.1) is 10.5 Å². The predicted octanol–water partition coefficient (Wildman–Crippen LogP) is 3.69. The zero-order valence-electron chi connectivity index (χ0n) is 8.26. The zero-order valence-corrected chi connectivity index (χ0v) is 11.5. The summed E-state index contributed by atoms with van der Waals surface area (Å²) < 4.78 is 0.672. The summed E-state index contributed by atoms with van der Waals surface area (Å²) in [5.41, 5.74) is 7.82. The van der Waals surface area contributed by atoms with Crippen LogP contribution >= 0.6 is 39.7 Å². The van der Waals surface area contributed by atoms with Crippen molar-refractivity contribution in [3.05, 3.63) is 50.6 Å². The number of halogens is 2. The second-order valence-corrected chi connectivity index (χ2v) is 4.85. The van der Waals surface area contributed by atoms with Gasteiger partial charge in [0.1, 0.15) is 5.75 Å². The molecule has 0 aliphatic rings. The van der Waals surface area contributed by atoms with Gasteiger partial charge >= 0.3 is 0 Å². The van der Waals surface area contributed by atoms with Gasteiger partial charge < -0.3 is 10.8 Å². The second-order valence-electron chi connectivity index (χ2n) is 3.21. The molecule has 1 heterocycles. The van der Waals surface area contributed by atoms with E-state index >= 15 is 0 Å². The van der Waals surface area contributed by atoms with E-state index in [-0.39, 0.29) is 24.2 Å². The molecule has 2 nitrogen and oxygen atoms in total.